The van der Waals surface area contributed by atoms with Crippen molar-refractivity contribution in [2.24, 2.45) is 5.73 Å². The molecule has 0 amide bonds. The summed E-state index contributed by atoms with van der Waals surface area (Å²) in [5, 5.41) is 11.0. The third kappa shape index (κ3) is 2.95. The topological polar surface area (TPSA) is 78.4 Å². The van der Waals surface area contributed by atoms with Gasteiger partial charge in [0, 0.05) is 17.7 Å². The largest absolute Gasteiger partial charge is 0.450 e. The number of nitro groups is 1. The molecular weight excluding hydrogens is 256 g/mol. The Hall–Kier alpha value is -2.40. The second-order valence-corrected chi connectivity index (χ2v) is 4.38. The van der Waals surface area contributed by atoms with Crippen LogP contribution in [0.2, 0.25) is 0 Å². The van der Waals surface area contributed by atoms with Crippen LogP contribution in [0.25, 0.3) is 0 Å². The Bertz CT molecular complexity index is 614. The van der Waals surface area contributed by atoms with Crippen molar-refractivity contribution in [2.75, 3.05) is 0 Å². The lowest BCUT2D eigenvalue weighted by Crippen LogP contribution is -2.09. The van der Waals surface area contributed by atoms with Gasteiger partial charge in [-0.3, -0.25) is 10.1 Å². The van der Waals surface area contributed by atoms with Crippen LogP contribution in [0.5, 0.6) is 11.5 Å². The monoisotopic (exact) mass is 272 g/mol. The van der Waals surface area contributed by atoms with Crippen molar-refractivity contribution in [1.82, 2.24) is 0 Å². The summed E-state index contributed by atoms with van der Waals surface area (Å²) in [7, 11) is 0. The van der Waals surface area contributed by atoms with E-state index in [0.717, 1.165) is 12.0 Å². The number of benzene rings is 2. The molecule has 0 aliphatic heterocycles. The van der Waals surface area contributed by atoms with E-state index in [0.29, 0.717) is 5.75 Å². The van der Waals surface area contributed by atoms with Crippen LogP contribution in [0.3, 0.4) is 0 Å². The lowest BCUT2D eigenvalue weighted by molar-refractivity contribution is -0.385. The van der Waals surface area contributed by atoms with Gasteiger partial charge in [-0.1, -0.05) is 37.3 Å². The fraction of sp³-hybridized carbons (Fsp3) is 0.200. The van der Waals surface area contributed by atoms with E-state index in [1.807, 2.05) is 25.1 Å². The van der Waals surface area contributed by atoms with Crippen LogP contribution in [0.15, 0.2) is 48.5 Å². The van der Waals surface area contributed by atoms with Gasteiger partial charge in [0.1, 0.15) is 5.75 Å². The lowest BCUT2D eigenvalue weighted by atomic mass is 10.0. The van der Waals surface area contributed by atoms with Crippen LogP contribution < -0.4 is 10.5 Å². The van der Waals surface area contributed by atoms with Crippen molar-refractivity contribution in [3.8, 4) is 11.5 Å². The maximum absolute atomic E-state index is 11.0. The third-order valence-corrected chi connectivity index (χ3v) is 3.04. The number of nitrogens with zero attached hydrogens (tertiary/aromatic N) is 1. The number of nitrogens with two attached hydrogens (primary N) is 1. The predicted molar refractivity (Wildman–Crippen MR) is 76.8 cm³/mol. The average molecular weight is 272 g/mol. The minimum atomic E-state index is -0.461. The molecule has 0 fully saturated rings. The van der Waals surface area contributed by atoms with Crippen LogP contribution in [-0.4, -0.2) is 4.92 Å². The number of rotatable bonds is 5. The maximum atomic E-state index is 11.0. The van der Waals surface area contributed by atoms with Crippen molar-refractivity contribution in [3.05, 3.63) is 64.2 Å². The second kappa shape index (κ2) is 6.16. The SMILES string of the molecule is CC[C@@H](N)c1ccccc1Oc1ccccc1[N+](=O)[O-]. The highest BCUT2D eigenvalue weighted by atomic mass is 16.6. The van der Waals surface area contributed by atoms with E-state index >= 15 is 0 Å². The van der Waals surface area contributed by atoms with E-state index < -0.39 is 4.92 Å². The molecule has 5 nitrogen and oxygen atoms in total. The predicted octanol–water partition coefficient (Wildman–Crippen LogP) is 3.80. The standard InChI is InChI=1S/C15H16N2O3/c1-2-12(16)11-7-3-5-9-14(11)20-15-10-6-4-8-13(15)17(18)19/h3-10,12H,2,16H2,1H3/t12-/m1/s1. The van der Waals surface area contributed by atoms with Gasteiger partial charge >= 0.3 is 5.69 Å². The maximum Gasteiger partial charge on any atom is 0.311 e. The molecule has 2 aromatic carbocycles. The molecular formula is C15H16N2O3. The molecule has 2 rings (SSSR count). The van der Waals surface area contributed by atoms with Crippen molar-refractivity contribution in [1.29, 1.82) is 0 Å². The first-order valence-corrected chi connectivity index (χ1v) is 6.39. The van der Waals surface area contributed by atoms with Crippen LogP contribution in [0, 0.1) is 10.1 Å². The summed E-state index contributed by atoms with van der Waals surface area (Å²) in [6.45, 7) is 1.98. The average Bonchev–Trinajstić information content (AvgIpc) is 2.47. The van der Waals surface area contributed by atoms with Crippen molar-refractivity contribution >= 4 is 5.69 Å². The molecule has 2 aromatic rings. The Labute approximate surface area is 117 Å². The Morgan fingerprint density at radius 1 is 1.15 bits per heavy atom. The highest BCUT2D eigenvalue weighted by molar-refractivity contribution is 5.49. The van der Waals surface area contributed by atoms with E-state index in [1.54, 1.807) is 24.3 Å². The van der Waals surface area contributed by atoms with Gasteiger partial charge < -0.3 is 10.5 Å². The number of hydrogen-bond acceptors (Lipinski definition) is 4. The fourth-order valence-corrected chi connectivity index (χ4v) is 1.91. The van der Waals surface area contributed by atoms with E-state index in [-0.39, 0.29) is 17.5 Å². The second-order valence-electron chi connectivity index (χ2n) is 4.38. The molecule has 0 aromatic heterocycles. The quantitative estimate of drug-likeness (QED) is 0.663. The van der Waals surface area contributed by atoms with Crippen LogP contribution in [0.4, 0.5) is 5.69 Å². The Kier molecular flexibility index (Phi) is 4.32. The molecule has 0 unspecified atom stereocenters. The molecule has 104 valence electrons. The molecule has 2 N–H and O–H groups in total. The van der Waals surface area contributed by atoms with Gasteiger partial charge in [-0.15, -0.1) is 0 Å². The normalized spacial score (nSPS) is 11.9. The molecule has 20 heavy (non-hydrogen) atoms. The van der Waals surface area contributed by atoms with Gasteiger partial charge in [0.2, 0.25) is 5.75 Å². The first kappa shape index (κ1) is 14.0. The van der Waals surface area contributed by atoms with Crippen molar-refractivity contribution in [2.45, 2.75) is 19.4 Å². The molecule has 0 spiro atoms. The first-order valence-electron chi connectivity index (χ1n) is 6.39. The van der Waals surface area contributed by atoms with Crippen LogP contribution in [0.1, 0.15) is 24.9 Å². The number of para-hydroxylation sites is 3. The summed E-state index contributed by atoms with van der Waals surface area (Å²) in [6.07, 6.45) is 0.761. The summed E-state index contributed by atoms with van der Waals surface area (Å²) in [5.74, 6) is 0.768. The smallest absolute Gasteiger partial charge is 0.311 e. The summed E-state index contributed by atoms with van der Waals surface area (Å²) in [4.78, 5) is 10.5. The summed E-state index contributed by atoms with van der Waals surface area (Å²) in [5.41, 5.74) is 6.81. The van der Waals surface area contributed by atoms with Gasteiger partial charge in [0.25, 0.3) is 0 Å². The van der Waals surface area contributed by atoms with Crippen molar-refractivity contribution < 1.29 is 9.66 Å². The lowest BCUT2D eigenvalue weighted by Gasteiger charge is -2.15. The minimum absolute atomic E-state index is 0.0626. The molecule has 0 saturated carbocycles. The van der Waals surface area contributed by atoms with Gasteiger partial charge in [0.15, 0.2) is 0 Å². The number of nitro benzene ring substituents is 1. The van der Waals surface area contributed by atoms with E-state index in [1.165, 1.54) is 6.07 Å². The Morgan fingerprint density at radius 3 is 2.40 bits per heavy atom. The van der Waals surface area contributed by atoms with Gasteiger partial charge in [0.05, 0.1) is 4.92 Å². The number of ether oxygens (including phenoxy) is 1. The summed E-state index contributed by atoms with van der Waals surface area (Å²) < 4.78 is 5.70. The molecule has 5 heteroatoms. The van der Waals surface area contributed by atoms with Gasteiger partial charge in [-0.25, -0.2) is 0 Å². The zero-order valence-electron chi connectivity index (χ0n) is 11.2. The van der Waals surface area contributed by atoms with Crippen molar-refractivity contribution in [3.63, 3.8) is 0 Å². The Morgan fingerprint density at radius 2 is 1.75 bits per heavy atom. The van der Waals surface area contributed by atoms with Crippen LogP contribution >= 0.6 is 0 Å². The molecule has 0 radical (unpaired) electrons. The highest BCUT2D eigenvalue weighted by Crippen LogP contribution is 2.34. The molecule has 0 heterocycles. The first-order chi connectivity index (χ1) is 9.63. The fourth-order valence-electron chi connectivity index (χ4n) is 1.91. The van der Waals surface area contributed by atoms with Gasteiger partial charge in [-0.05, 0) is 18.6 Å². The zero-order chi connectivity index (χ0) is 14.5. The molecule has 0 aliphatic rings. The summed E-state index contributed by atoms with van der Waals surface area (Å²) >= 11 is 0. The molecule has 0 saturated heterocycles. The third-order valence-electron chi connectivity index (χ3n) is 3.04. The zero-order valence-corrected chi connectivity index (χ0v) is 11.2. The van der Waals surface area contributed by atoms with E-state index in [4.69, 9.17) is 10.5 Å². The van der Waals surface area contributed by atoms with E-state index in [9.17, 15) is 10.1 Å². The van der Waals surface area contributed by atoms with E-state index in [2.05, 4.69) is 0 Å². The summed E-state index contributed by atoms with van der Waals surface area (Å²) in [6, 6.07) is 13.5. The van der Waals surface area contributed by atoms with Crippen LogP contribution in [-0.2, 0) is 0 Å². The Balaban J connectivity index is 2.38. The molecule has 0 aliphatic carbocycles. The number of hydrogen-bond donors (Lipinski definition) is 1. The highest BCUT2D eigenvalue weighted by Gasteiger charge is 2.17. The minimum Gasteiger partial charge on any atom is -0.450 e. The molecule has 1 atom stereocenters. The molecule has 0 bridgehead atoms. The van der Waals surface area contributed by atoms with Gasteiger partial charge in [-0.2, -0.15) is 0 Å².